The molecule has 0 heterocycles. The van der Waals surface area contributed by atoms with Crippen LogP contribution in [0.5, 0.6) is 0 Å². The number of guanidine groups is 1. The van der Waals surface area contributed by atoms with E-state index in [9.17, 15) is 0 Å². The second-order valence-corrected chi connectivity index (χ2v) is 4.15. The van der Waals surface area contributed by atoms with Crippen molar-refractivity contribution in [3.8, 4) is 0 Å². The highest BCUT2D eigenvalue weighted by Crippen LogP contribution is 2.04. The molecular formula is C14H23N3. The second kappa shape index (κ2) is 6.94. The maximum atomic E-state index is 5.91. The molecule has 2 N–H and O–H groups in total. The molecule has 0 aromatic heterocycles. The highest BCUT2D eigenvalue weighted by atomic mass is 15.2. The van der Waals surface area contributed by atoms with E-state index >= 15 is 0 Å². The van der Waals surface area contributed by atoms with Gasteiger partial charge in [-0.15, -0.1) is 0 Å². The van der Waals surface area contributed by atoms with Gasteiger partial charge in [-0.3, -0.25) is 4.99 Å². The van der Waals surface area contributed by atoms with Crippen LogP contribution < -0.4 is 5.73 Å². The van der Waals surface area contributed by atoms with Gasteiger partial charge < -0.3 is 10.6 Å². The van der Waals surface area contributed by atoms with E-state index < -0.39 is 0 Å². The van der Waals surface area contributed by atoms with Crippen LogP contribution in [0.4, 0.5) is 0 Å². The third-order valence-electron chi connectivity index (χ3n) is 2.84. The second-order valence-electron chi connectivity index (χ2n) is 4.15. The molecule has 0 aliphatic heterocycles. The lowest BCUT2D eigenvalue weighted by atomic mass is 10.1. The zero-order valence-corrected chi connectivity index (χ0v) is 11.1. The van der Waals surface area contributed by atoms with Crippen molar-refractivity contribution in [2.45, 2.75) is 27.2 Å². The average Bonchev–Trinajstić information content (AvgIpc) is 2.30. The van der Waals surface area contributed by atoms with Gasteiger partial charge in [0.15, 0.2) is 5.96 Å². The smallest absolute Gasteiger partial charge is 0.191 e. The summed E-state index contributed by atoms with van der Waals surface area (Å²) in [7, 11) is 0. The zero-order valence-electron chi connectivity index (χ0n) is 11.1. The van der Waals surface area contributed by atoms with E-state index in [4.69, 9.17) is 5.73 Å². The Morgan fingerprint density at radius 2 is 2.00 bits per heavy atom. The number of aryl methyl sites for hydroxylation is 1. The summed E-state index contributed by atoms with van der Waals surface area (Å²) in [5.41, 5.74) is 8.52. The van der Waals surface area contributed by atoms with Crippen LogP contribution in [0, 0.1) is 6.92 Å². The number of nitrogens with zero attached hydrogens (tertiary/aromatic N) is 2. The first-order chi connectivity index (χ1) is 8.17. The standard InChI is InChI=1S/C14H23N3/c1-4-17(5-2)14(15)16-10-9-13-8-6-7-12(3)11-13/h6-8,11H,4-5,9-10H2,1-3H3,(H2,15,16). The largest absolute Gasteiger partial charge is 0.370 e. The molecule has 0 saturated heterocycles. The molecule has 1 aromatic rings. The van der Waals surface area contributed by atoms with Gasteiger partial charge in [0.25, 0.3) is 0 Å². The van der Waals surface area contributed by atoms with Gasteiger partial charge in [0.2, 0.25) is 0 Å². The Hall–Kier alpha value is -1.51. The molecule has 0 fully saturated rings. The van der Waals surface area contributed by atoms with Crippen LogP contribution in [0.15, 0.2) is 29.3 Å². The molecule has 1 rings (SSSR count). The Morgan fingerprint density at radius 3 is 2.59 bits per heavy atom. The van der Waals surface area contributed by atoms with Gasteiger partial charge in [-0.1, -0.05) is 29.8 Å². The van der Waals surface area contributed by atoms with Gasteiger partial charge in [0.1, 0.15) is 0 Å². The lowest BCUT2D eigenvalue weighted by Crippen LogP contribution is -2.37. The fourth-order valence-corrected chi connectivity index (χ4v) is 1.81. The van der Waals surface area contributed by atoms with Gasteiger partial charge in [-0.05, 0) is 32.8 Å². The molecule has 94 valence electrons. The number of nitrogens with two attached hydrogens (primary N) is 1. The monoisotopic (exact) mass is 233 g/mol. The van der Waals surface area contributed by atoms with Crippen LogP contribution in [-0.2, 0) is 6.42 Å². The zero-order chi connectivity index (χ0) is 12.7. The van der Waals surface area contributed by atoms with E-state index in [1.54, 1.807) is 0 Å². The summed E-state index contributed by atoms with van der Waals surface area (Å²) in [6.07, 6.45) is 0.948. The minimum Gasteiger partial charge on any atom is -0.370 e. The number of aliphatic imine (C=N–C) groups is 1. The summed E-state index contributed by atoms with van der Waals surface area (Å²) in [4.78, 5) is 6.48. The van der Waals surface area contributed by atoms with Gasteiger partial charge in [-0.25, -0.2) is 0 Å². The number of rotatable bonds is 5. The summed E-state index contributed by atoms with van der Waals surface area (Å²) < 4.78 is 0. The molecule has 1 aromatic carbocycles. The fraction of sp³-hybridized carbons (Fsp3) is 0.500. The summed E-state index contributed by atoms with van der Waals surface area (Å²) >= 11 is 0. The minimum absolute atomic E-state index is 0.655. The molecule has 0 atom stereocenters. The van der Waals surface area contributed by atoms with Crippen molar-refractivity contribution in [1.82, 2.24) is 4.90 Å². The highest BCUT2D eigenvalue weighted by molar-refractivity contribution is 5.77. The molecule has 3 nitrogen and oxygen atoms in total. The summed E-state index contributed by atoms with van der Waals surface area (Å²) in [6, 6.07) is 8.53. The number of hydrogen-bond acceptors (Lipinski definition) is 1. The molecule has 17 heavy (non-hydrogen) atoms. The van der Waals surface area contributed by atoms with E-state index in [2.05, 4.69) is 54.9 Å². The first-order valence-corrected chi connectivity index (χ1v) is 6.27. The van der Waals surface area contributed by atoms with Gasteiger partial charge in [-0.2, -0.15) is 0 Å². The van der Waals surface area contributed by atoms with Crippen LogP contribution in [0.3, 0.4) is 0 Å². The van der Waals surface area contributed by atoms with Crippen molar-refractivity contribution in [2.75, 3.05) is 19.6 Å². The quantitative estimate of drug-likeness (QED) is 0.625. The Kier molecular flexibility index (Phi) is 5.53. The van der Waals surface area contributed by atoms with Gasteiger partial charge >= 0.3 is 0 Å². The van der Waals surface area contributed by atoms with E-state index in [1.165, 1.54) is 11.1 Å². The molecule has 0 saturated carbocycles. The van der Waals surface area contributed by atoms with E-state index in [0.29, 0.717) is 5.96 Å². The van der Waals surface area contributed by atoms with Crippen LogP contribution in [-0.4, -0.2) is 30.5 Å². The Morgan fingerprint density at radius 1 is 1.29 bits per heavy atom. The van der Waals surface area contributed by atoms with Crippen molar-refractivity contribution in [2.24, 2.45) is 10.7 Å². The van der Waals surface area contributed by atoms with Crippen molar-refractivity contribution >= 4 is 5.96 Å². The molecule has 0 amide bonds. The first kappa shape index (κ1) is 13.6. The third kappa shape index (κ3) is 4.47. The predicted octanol–water partition coefficient (Wildman–Crippen LogP) is 2.19. The van der Waals surface area contributed by atoms with Crippen LogP contribution in [0.2, 0.25) is 0 Å². The molecule has 0 bridgehead atoms. The number of hydrogen-bond donors (Lipinski definition) is 1. The maximum Gasteiger partial charge on any atom is 0.191 e. The molecule has 0 unspecified atom stereocenters. The fourth-order valence-electron chi connectivity index (χ4n) is 1.81. The van der Waals surface area contributed by atoms with E-state index in [-0.39, 0.29) is 0 Å². The molecule has 3 heteroatoms. The minimum atomic E-state index is 0.655. The average molecular weight is 233 g/mol. The molecule has 0 spiro atoms. The maximum absolute atomic E-state index is 5.91. The normalized spacial score (nSPS) is 11.6. The van der Waals surface area contributed by atoms with Crippen molar-refractivity contribution in [1.29, 1.82) is 0 Å². The SMILES string of the molecule is CCN(CC)C(N)=NCCc1cccc(C)c1. The first-order valence-electron chi connectivity index (χ1n) is 6.27. The van der Waals surface area contributed by atoms with Crippen molar-refractivity contribution in [3.63, 3.8) is 0 Å². The third-order valence-corrected chi connectivity index (χ3v) is 2.84. The number of benzene rings is 1. The molecule has 0 aliphatic carbocycles. The molecular weight excluding hydrogens is 210 g/mol. The van der Waals surface area contributed by atoms with Crippen molar-refractivity contribution < 1.29 is 0 Å². The molecule has 0 aliphatic rings. The topological polar surface area (TPSA) is 41.6 Å². The Bertz CT molecular complexity index is 367. The highest BCUT2D eigenvalue weighted by Gasteiger charge is 2.01. The van der Waals surface area contributed by atoms with E-state index in [1.807, 2.05) is 0 Å². The van der Waals surface area contributed by atoms with Crippen LogP contribution in [0.1, 0.15) is 25.0 Å². The summed E-state index contributed by atoms with van der Waals surface area (Å²) in [5.74, 6) is 0.655. The van der Waals surface area contributed by atoms with Crippen molar-refractivity contribution in [3.05, 3.63) is 35.4 Å². The molecule has 0 radical (unpaired) electrons. The predicted molar refractivity (Wildman–Crippen MR) is 74.3 cm³/mol. The summed E-state index contributed by atoms with van der Waals surface area (Å²) in [5, 5.41) is 0. The summed E-state index contributed by atoms with van der Waals surface area (Å²) in [6.45, 7) is 8.87. The van der Waals surface area contributed by atoms with Crippen LogP contribution >= 0.6 is 0 Å². The van der Waals surface area contributed by atoms with Gasteiger partial charge in [0, 0.05) is 19.6 Å². The van der Waals surface area contributed by atoms with E-state index in [0.717, 1.165) is 26.1 Å². The van der Waals surface area contributed by atoms with Gasteiger partial charge in [0.05, 0.1) is 0 Å². The van der Waals surface area contributed by atoms with Crippen LogP contribution in [0.25, 0.3) is 0 Å². The Balaban J connectivity index is 2.49. The Labute approximate surface area is 104 Å². The lowest BCUT2D eigenvalue weighted by Gasteiger charge is -2.19. The lowest BCUT2D eigenvalue weighted by molar-refractivity contribution is 0.458.